The summed E-state index contributed by atoms with van der Waals surface area (Å²) in [5.74, 6) is -1.82. The quantitative estimate of drug-likeness (QED) is 0.869. The van der Waals surface area contributed by atoms with Crippen molar-refractivity contribution in [3.8, 4) is 0 Å². The van der Waals surface area contributed by atoms with E-state index in [2.05, 4.69) is 9.88 Å². The molecule has 0 radical (unpaired) electrons. The molecule has 0 fully saturated rings. The zero-order valence-electron chi connectivity index (χ0n) is 10.2. The first-order valence-electron chi connectivity index (χ1n) is 5.48. The van der Waals surface area contributed by atoms with Crippen LogP contribution in [0.3, 0.4) is 0 Å². The Morgan fingerprint density at radius 1 is 1.42 bits per heavy atom. The Bertz CT molecular complexity index is 571. The molecule has 0 atom stereocenters. The van der Waals surface area contributed by atoms with Crippen LogP contribution >= 0.6 is 11.8 Å². The molecule has 6 nitrogen and oxygen atoms in total. The van der Waals surface area contributed by atoms with E-state index in [1.165, 1.54) is 12.3 Å². The first-order valence-corrected chi connectivity index (χ1v) is 6.52. The fourth-order valence-electron chi connectivity index (χ4n) is 1.74. The summed E-state index contributed by atoms with van der Waals surface area (Å²) in [6.07, 6.45) is 1.41. The molecule has 0 saturated carbocycles. The van der Waals surface area contributed by atoms with Crippen LogP contribution in [0.5, 0.6) is 0 Å². The van der Waals surface area contributed by atoms with Crippen molar-refractivity contribution in [1.29, 1.82) is 0 Å². The molecule has 1 aromatic heterocycles. The second-order valence-electron chi connectivity index (χ2n) is 4.10. The molecule has 0 aromatic carbocycles. The van der Waals surface area contributed by atoms with E-state index in [4.69, 9.17) is 10.2 Å². The Kier molecular flexibility index (Phi) is 3.75. The number of carboxylic acid groups (broad SMARTS) is 2. The molecule has 2 N–H and O–H groups in total. The van der Waals surface area contributed by atoms with Crippen LogP contribution in [-0.2, 0) is 6.54 Å². The molecule has 1 aromatic rings. The number of thioether (sulfide) groups is 1. The number of carbonyl (C=O) groups is 2. The Morgan fingerprint density at radius 2 is 2.16 bits per heavy atom. The van der Waals surface area contributed by atoms with E-state index in [0.717, 1.165) is 11.6 Å². The zero-order valence-corrected chi connectivity index (χ0v) is 11.0. The summed E-state index contributed by atoms with van der Waals surface area (Å²) in [7, 11) is 0. The minimum Gasteiger partial charge on any atom is -0.478 e. The monoisotopic (exact) mass is 280 g/mol. The largest absolute Gasteiger partial charge is 0.478 e. The van der Waals surface area contributed by atoms with Crippen LogP contribution in [0.1, 0.15) is 33.3 Å². The van der Waals surface area contributed by atoms with E-state index in [1.54, 1.807) is 11.8 Å². The fraction of sp³-hybridized carbons (Fsp3) is 0.250. The molecule has 19 heavy (non-hydrogen) atoms. The molecule has 0 saturated heterocycles. The van der Waals surface area contributed by atoms with Crippen molar-refractivity contribution in [1.82, 2.24) is 9.88 Å². The molecule has 1 aliphatic heterocycles. The minimum absolute atomic E-state index is 0.279. The van der Waals surface area contributed by atoms with Crippen LogP contribution in [0, 0.1) is 0 Å². The average molecular weight is 280 g/mol. The summed E-state index contributed by atoms with van der Waals surface area (Å²) in [5.41, 5.74) is 1.07. The lowest BCUT2D eigenvalue weighted by Crippen LogP contribution is -2.18. The Morgan fingerprint density at radius 3 is 2.68 bits per heavy atom. The molecular weight excluding hydrogens is 268 g/mol. The topological polar surface area (TPSA) is 90.7 Å². The summed E-state index contributed by atoms with van der Waals surface area (Å²) >= 11 is 1.66. The molecule has 2 rings (SSSR count). The van der Waals surface area contributed by atoms with Crippen LogP contribution in [0.4, 0.5) is 0 Å². The molecule has 1 aliphatic rings. The summed E-state index contributed by atoms with van der Waals surface area (Å²) in [6, 6.07) is 1.37. The minimum atomic E-state index is -1.34. The van der Waals surface area contributed by atoms with Gasteiger partial charge in [0.1, 0.15) is 0 Å². The number of aromatic carboxylic acids is 2. The maximum atomic E-state index is 11.0. The summed E-state index contributed by atoms with van der Waals surface area (Å²) in [5, 5.41) is 19.9. The lowest BCUT2D eigenvalue weighted by molar-refractivity contribution is 0.0646. The smallest absolute Gasteiger partial charge is 0.355 e. The highest BCUT2D eigenvalue weighted by Gasteiger charge is 2.19. The first kappa shape index (κ1) is 13.4. The van der Waals surface area contributed by atoms with E-state index >= 15 is 0 Å². The number of allylic oxidation sites excluding steroid dienone is 1. The average Bonchev–Trinajstić information content (AvgIpc) is 2.74. The predicted octanol–water partition coefficient (Wildman–Crippen LogP) is 1.85. The van der Waals surface area contributed by atoms with Crippen molar-refractivity contribution in [2.45, 2.75) is 13.5 Å². The number of nitrogens with zero attached hydrogens (tertiary/aromatic N) is 2. The van der Waals surface area contributed by atoms with E-state index in [1.807, 2.05) is 12.3 Å². The standard InChI is InChI=1S/C12H12N2O4S/c1-7-5-19-6-14(7)4-8-2-9(11(15)16)10(12(17)18)13-3-8/h2-3,5H,4,6H2,1H3,(H,15,16)(H,17,18). The predicted molar refractivity (Wildman–Crippen MR) is 69.9 cm³/mol. The van der Waals surface area contributed by atoms with Crippen molar-refractivity contribution in [3.05, 3.63) is 40.2 Å². The van der Waals surface area contributed by atoms with Gasteiger partial charge in [0.25, 0.3) is 0 Å². The summed E-state index contributed by atoms with van der Waals surface area (Å²) in [4.78, 5) is 27.7. The second kappa shape index (κ2) is 5.31. The van der Waals surface area contributed by atoms with Gasteiger partial charge in [-0.1, -0.05) is 0 Å². The van der Waals surface area contributed by atoms with Crippen LogP contribution in [-0.4, -0.2) is 37.9 Å². The Balaban J connectivity index is 2.28. The first-order chi connectivity index (χ1) is 8.99. The molecule has 0 amide bonds. The highest BCUT2D eigenvalue weighted by Crippen LogP contribution is 2.24. The van der Waals surface area contributed by atoms with Crippen molar-refractivity contribution in [2.75, 3.05) is 5.88 Å². The lowest BCUT2D eigenvalue weighted by Gasteiger charge is -2.19. The van der Waals surface area contributed by atoms with Crippen LogP contribution in [0.2, 0.25) is 0 Å². The van der Waals surface area contributed by atoms with Gasteiger partial charge in [0, 0.05) is 18.4 Å². The van der Waals surface area contributed by atoms with Gasteiger partial charge in [-0.25, -0.2) is 14.6 Å². The fourth-order valence-corrected chi connectivity index (χ4v) is 2.68. The normalized spacial score (nSPS) is 14.4. The Hall–Kier alpha value is -2.02. The van der Waals surface area contributed by atoms with Gasteiger partial charge in [-0.15, -0.1) is 11.8 Å². The van der Waals surface area contributed by atoms with Gasteiger partial charge < -0.3 is 15.1 Å². The van der Waals surface area contributed by atoms with Crippen molar-refractivity contribution in [2.24, 2.45) is 0 Å². The third kappa shape index (κ3) is 2.87. The molecule has 0 spiro atoms. The number of pyridine rings is 1. The van der Waals surface area contributed by atoms with Gasteiger partial charge in [-0.3, -0.25) is 0 Å². The van der Waals surface area contributed by atoms with Crippen LogP contribution < -0.4 is 0 Å². The van der Waals surface area contributed by atoms with Gasteiger partial charge in [-0.05, 0) is 24.0 Å². The molecule has 7 heteroatoms. The van der Waals surface area contributed by atoms with Crippen LogP contribution in [0.25, 0.3) is 0 Å². The van der Waals surface area contributed by atoms with E-state index in [-0.39, 0.29) is 5.56 Å². The molecule has 0 aliphatic carbocycles. The highest BCUT2D eigenvalue weighted by atomic mass is 32.2. The molecule has 0 bridgehead atoms. The van der Waals surface area contributed by atoms with Crippen molar-refractivity contribution < 1.29 is 19.8 Å². The van der Waals surface area contributed by atoms with Gasteiger partial charge in [-0.2, -0.15) is 0 Å². The molecule has 2 heterocycles. The third-order valence-electron chi connectivity index (χ3n) is 2.73. The SMILES string of the molecule is CC1=CSCN1Cc1cnc(C(=O)O)c(C(=O)O)c1. The molecular formula is C12H12N2O4S. The van der Waals surface area contributed by atoms with Gasteiger partial charge in [0.2, 0.25) is 0 Å². The zero-order chi connectivity index (χ0) is 14.0. The maximum Gasteiger partial charge on any atom is 0.355 e. The molecule has 0 unspecified atom stereocenters. The maximum absolute atomic E-state index is 11.0. The Labute approximate surface area is 113 Å². The number of hydrogen-bond donors (Lipinski definition) is 2. The number of carboxylic acids is 2. The van der Waals surface area contributed by atoms with Gasteiger partial charge in [0.15, 0.2) is 5.69 Å². The number of aromatic nitrogens is 1. The van der Waals surface area contributed by atoms with Crippen LogP contribution in [0.15, 0.2) is 23.4 Å². The van der Waals surface area contributed by atoms with Gasteiger partial charge in [0.05, 0.1) is 11.4 Å². The summed E-state index contributed by atoms with van der Waals surface area (Å²) < 4.78 is 0. The second-order valence-corrected chi connectivity index (χ2v) is 4.93. The van der Waals surface area contributed by atoms with E-state index < -0.39 is 17.6 Å². The van der Waals surface area contributed by atoms with Gasteiger partial charge >= 0.3 is 11.9 Å². The number of rotatable bonds is 4. The summed E-state index contributed by atoms with van der Waals surface area (Å²) in [6.45, 7) is 2.49. The highest BCUT2D eigenvalue weighted by molar-refractivity contribution is 8.02. The van der Waals surface area contributed by atoms with E-state index in [0.29, 0.717) is 12.1 Å². The van der Waals surface area contributed by atoms with Crippen molar-refractivity contribution in [3.63, 3.8) is 0 Å². The van der Waals surface area contributed by atoms with E-state index in [9.17, 15) is 9.59 Å². The molecule has 100 valence electrons. The lowest BCUT2D eigenvalue weighted by atomic mass is 10.1. The number of hydrogen-bond acceptors (Lipinski definition) is 5. The third-order valence-corrected chi connectivity index (χ3v) is 3.70. The van der Waals surface area contributed by atoms with Crippen molar-refractivity contribution >= 4 is 23.7 Å².